The molecule has 0 saturated carbocycles. The summed E-state index contributed by atoms with van der Waals surface area (Å²) in [7, 11) is 3.00. The minimum Gasteiger partial charge on any atom is -0.493 e. The molecule has 0 heterocycles. The molecule has 0 radical (unpaired) electrons. The maximum Gasteiger partial charge on any atom is 0.251 e. The van der Waals surface area contributed by atoms with Gasteiger partial charge in [-0.15, -0.1) is 0 Å². The lowest BCUT2D eigenvalue weighted by Gasteiger charge is -2.17. The molecule has 33 heavy (non-hydrogen) atoms. The summed E-state index contributed by atoms with van der Waals surface area (Å²) in [5.41, 5.74) is 2.38. The highest BCUT2D eigenvalue weighted by molar-refractivity contribution is 5.95. The summed E-state index contributed by atoms with van der Waals surface area (Å²) >= 11 is 0. The normalized spacial score (nSPS) is 11.4. The van der Waals surface area contributed by atoms with Gasteiger partial charge in [-0.2, -0.15) is 0 Å². The van der Waals surface area contributed by atoms with E-state index in [-0.39, 0.29) is 19.1 Å². The molecule has 0 bridgehead atoms. The van der Waals surface area contributed by atoms with Gasteiger partial charge >= 0.3 is 0 Å². The number of methoxy groups -OCH3 is 2. The van der Waals surface area contributed by atoms with E-state index in [0.717, 1.165) is 11.1 Å². The van der Waals surface area contributed by atoms with Crippen LogP contribution >= 0.6 is 0 Å². The quantitative estimate of drug-likeness (QED) is 0.462. The first kappa shape index (κ1) is 23.9. The lowest BCUT2D eigenvalue weighted by atomic mass is 10.1. The van der Waals surface area contributed by atoms with Crippen molar-refractivity contribution >= 4 is 5.91 Å². The predicted molar refractivity (Wildman–Crippen MR) is 125 cm³/mol. The van der Waals surface area contributed by atoms with Crippen LogP contribution in [0.3, 0.4) is 0 Å². The summed E-state index contributed by atoms with van der Waals surface area (Å²) in [6.07, 6.45) is -0.869. The van der Waals surface area contributed by atoms with Crippen molar-refractivity contribution in [1.29, 1.82) is 0 Å². The summed E-state index contributed by atoms with van der Waals surface area (Å²) in [5.74, 6) is 1.45. The average Bonchev–Trinajstić information content (AvgIpc) is 2.84. The molecule has 1 atom stereocenters. The predicted octanol–water partition coefficient (Wildman–Crippen LogP) is 3.76. The van der Waals surface area contributed by atoms with Crippen molar-refractivity contribution < 1.29 is 28.8 Å². The van der Waals surface area contributed by atoms with Crippen molar-refractivity contribution in [3.63, 3.8) is 0 Å². The second-order valence-corrected chi connectivity index (χ2v) is 7.48. The highest BCUT2D eigenvalue weighted by Crippen LogP contribution is 2.39. The molecule has 1 amide bonds. The standard InChI is InChI=1S/C26H29NO6/c1-18-8-7-11-22(12-18)32-17-21(28)15-27-26(29)20-13-23(30-2)25(24(14-20)31-3)33-16-19-9-5-4-6-10-19/h4-14,21,28H,15-17H2,1-3H3,(H,27,29). The maximum absolute atomic E-state index is 12.7. The van der Waals surface area contributed by atoms with Gasteiger partial charge in [0.2, 0.25) is 5.75 Å². The lowest BCUT2D eigenvalue weighted by molar-refractivity contribution is 0.0843. The third-order valence-corrected chi connectivity index (χ3v) is 4.88. The smallest absolute Gasteiger partial charge is 0.251 e. The largest absolute Gasteiger partial charge is 0.493 e. The Morgan fingerprint density at radius 2 is 1.64 bits per heavy atom. The molecule has 0 saturated heterocycles. The Bertz CT molecular complexity index is 1030. The van der Waals surface area contributed by atoms with Gasteiger partial charge in [0.15, 0.2) is 11.5 Å². The molecule has 1 unspecified atom stereocenters. The maximum atomic E-state index is 12.7. The minimum absolute atomic E-state index is 0.0293. The second kappa shape index (κ2) is 11.8. The van der Waals surface area contributed by atoms with Crippen LogP contribution in [0.15, 0.2) is 66.7 Å². The van der Waals surface area contributed by atoms with Gasteiger partial charge in [-0.1, -0.05) is 42.5 Å². The number of aliphatic hydroxyl groups excluding tert-OH is 1. The number of aryl methyl sites for hydroxylation is 1. The van der Waals surface area contributed by atoms with E-state index in [0.29, 0.717) is 35.2 Å². The van der Waals surface area contributed by atoms with E-state index in [1.165, 1.54) is 14.2 Å². The van der Waals surface area contributed by atoms with Crippen LogP contribution in [0.1, 0.15) is 21.5 Å². The van der Waals surface area contributed by atoms with Crippen LogP contribution < -0.4 is 24.3 Å². The van der Waals surface area contributed by atoms with Gasteiger partial charge in [-0.3, -0.25) is 4.79 Å². The van der Waals surface area contributed by atoms with Crippen molar-refractivity contribution in [2.24, 2.45) is 0 Å². The summed E-state index contributed by atoms with van der Waals surface area (Å²) in [5, 5.41) is 12.9. The van der Waals surface area contributed by atoms with Gasteiger partial charge in [0.05, 0.1) is 14.2 Å². The van der Waals surface area contributed by atoms with Crippen molar-refractivity contribution in [3.05, 3.63) is 83.4 Å². The Labute approximate surface area is 193 Å². The molecule has 0 aromatic heterocycles. The summed E-state index contributed by atoms with van der Waals surface area (Å²) in [6.45, 7) is 2.38. The fourth-order valence-electron chi connectivity index (χ4n) is 3.15. The molecule has 7 nitrogen and oxygen atoms in total. The number of rotatable bonds is 11. The Kier molecular flexibility index (Phi) is 8.55. The number of carbonyl (C=O) groups is 1. The minimum atomic E-state index is -0.869. The highest BCUT2D eigenvalue weighted by atomic mass is 16.5. The molecule has 0 aliphatic rings. The zero-order chi connectivity index (χ0) is 23.6. The topological polar surface area (TPSA) is 86.3 Å². The molecular weight excluding hydrogens is 422 g/mol. The first-order valence-corrected chi connectivity index (χ1v) is 10.6. The molecule has 0 aliphatic carbocycles. The number of carbonyl (C=O) groups excluding carboxylic acids is 1. The van der Waals surface area contributed by atoms with Gasteiger partial charge in [0.25, 0.3) is 5.91 Å². The van der Waals surface area contributed by atoms with Crippen LogP contribution in [0, 0.1) is 6.92 Å². The zero-order valence-electron chi connectivity index (χ0n) is 19.0. The number of nitrogens with one attached hydrogen (secondary N) is 1. The van der Waals surface area contributed by atoms with Gasteiger partial charge < -0.3 is 29.4 Å². The van der Waals surface area contributed by atoms with Gasteiger partial charge in [-0.05, 0) is 42.3 Å². The van der Waals surface area contributed by atoms with Crippen molar-refractivity contribution in [2.45, 2.75) is 19.6 Å². The summed E-state index contributed by atoms with van der Waals surface area (Å²) in [4.78, 5) is 12.7. The third kappa shape index (κ3) is 6.89. The van der Waals surface area contributed by atoms with Gasteiger partial charge in [0, 0.05) is 12.1 Å². The monoisotopic (exact) mass is 451 g/mol. The van der Waals surface area contributed by atoms with Crippen molar-refractivity contribution in [1.82, 2.24) is 5.32 Å². The highest BCUT2D eigenvalue weighted by Gasteiger charge is 2.18. The van der Waals surface area contributed by atoms with Crippen LogP contribution in [0.4, 0.5) is 0 Å². The second-order valence-electron chi connectivity index (χ2n) is 7.48. The van der Waals surface area contributed by atoms with E-state index in [9.17, 15) is 9.90 Å². The van der Waals surface area contributed by atoms with E-state index in [1.54, 1.807) is 12.1 Å². The molecule has 0 fully saturated rings. The number of hydrogen-bond acceptors (Lipinski definition) is 6. The average molecular weight is 452 g/mol. The van der Waals surface area contributed by atoms with E-state index >= 15 is 0 Å². The molecule has 3 aromatic carbocycles. The van der Waals surface area contributed by atoms with E-state index in [4.69, 9.17) is 18.9 Å². The van der Waals surface area contributed by atoms with Crippen LogP contribution in [0.5, 0.6) is 23.0 Å². The number of hydrogen-bond donors (Lipinski definition) is 2. The number of aliphatic hydroxyl groups is 1. The summed E-state index contributed by atoms with van der Waals surface area (Å²) in [6, 6.07) is 20.4. The van der Waals surface area contributed by atoms with E-state index < -0.39 is 6.10 Å². The molecule has 2 N–H and O–H groups in total. The SMILES string of the molecule is COc1cc(C(=O)NCC(O)COc2cccc(C)c2)cc(OC)c1OCc1ccccc1. The molecule has 0 spiro atoms. The Morgan fingerprint density at radius 3 is 2.27 bits per heavy atom. The Hall–Kier alpha value is -3.71. The van der Waals surface area contributed by atoms with E-state index in [1.807, 2.05) is 61.5 Å². The van der Waals surface area contributed by atoms with Crippen LogP contribution in [-0.4, -0.2) is 44.5 Å². The first-order valence-electron chi connectivity index (χ1n) is 10.6. The fraction of sp³-hybridized carbons (Fsp3) is 0.269. The van der Waals surface area contributed by atoms with Crippen LogP contribution in [-0.2, 0) is 6.61 Å². The van der Waals surface area contributed by atoms with Crippen molar-refractivity contribution in [2.75, 3.05) is 27.4 Å². The molecule has 3 rings (SSSR count). The van der Waals surface area contributed by atoms with Gasteiger partial charge in [-0.25, -0.2) is 0 Å². The number of amides is 1. The molecular formula is C26H29NO6. The first-order chi connectivity index (χ1) is 16.0. The molecule has 0 aliphatic heterocycles. The van der Waals surface area contributed by atoms with Crippen LogP contribution in [0.25, 0.3) is 0 Å². The lowest BCUT2D eigenvalue weighted by Crippen LogP contribution is -2.35. The zero-order valence-corrected chi connectivity index (χ0v) is 19.0. The third-order valence-electron chi connectivity index (χ3n) is 4.88. The number of ether oxygens (including phenoxy) is 4. The fourth-order valence-corrected chi connectivity index (χ4v) is 3.15. The van der Waals surface area contributed by atoms with E-state index in [2.05, 4.69) is 5.32 Å². The molecule has 7 heteroatoms. The van der Waals surface area contributed by atoms with Gasteiger partial charge in [0.1, 0.15) is 25.1 Å². The number of benzene rings is 3. The van der Waals surface area contributed by atoms with Crippen LogP contribution in [0.2, 0.25) is 0 Å². The Morgan fingerprint density at radius 1 is 0.939 bits per heavy atom. The summed E-state index contributed by atoms with van der Waals surface area (Å²) < 4.78 is 22.4. The molecule has 174 valence electrons. The van der Waals surface area contributed by atoms with Crippen molar-refractivity contribution in [3.8, 4) is 23.0 Å². The molecule has 3 aromatic rings. The Balaban J connectivity index is 1.61.